The minimum Gasteiger partial charge on any atom is -0.339 e. The molecule has 1 aromatic rings. The minimum atomic E-state index is 0.00526. The summed E-state index contributed by atoms with van der Waals surface area (Å²) in [5.74, 6) is 0.317. The van der Waals surface area contributed by atoms with Crippen LogP contribution in [0.15, 0.2) is 23.1 Å². The van der Waals surface area contributed by atoms with Crippen LogP contribution in [-0.4, -0.2) is 53.0 Å². The van der Waals surface area contributed by atoms with Gasteiger partial charge in [-0.05, 0) is 25.0 Å². The van der Waals surface area contributed by atoms with Crippen LogP contribution in [0.3, 0.4) is 0 Å². The summed E-state index contributed by atoms with van der Waals surface area (Å²) in [6.45, 7) is 6.30. The van der Waals surface area contributed by atoms with Crippen molar-refractivity contribution in [1.29, 1.82) is 0 Å². The Kier molecular flexibility index (Phi) is 3.93. The van der Waals surface area contributed by atoms with Crippen LogP contribution in [0.5, 0.6) is 0 Å². The molecule has 0 spiro atoms. The van der Waals surface area contributed by atoms with Gasteiger partial charge in [-0.15, -0.1) is 11.8 Å². The maximum atomic E-state index is 12.6. The summed E-state index contributed by atoms with van der Waals surface area (Å²) in [6.07, 6.45) is 0.825. The van der Waals surface area contributed by atoms with E-state index in [4.69, 9.17) is 0 Å². The van der Waals surface area contributed by atoms with Crippen molar-refractivity contribution in [3.05, 3.63) is 29.3 Å². The second kappa shape index (κ2) is 5.72. The number of thioether (sulfide) groups is 1. The zero-order valence-electron chi connectivity index (χ0n) is 12.5. The van der Waals surface area contributed by atoms with E-state index in [0.29, 0.717) is 26.2 Å². The summed E-state index contributed by atoms with van der Waals surface area (Å²) in [7, 11) is 0. The van der Waals surface area contributed by atoms with E-state index >= 15 is 0 Å². The summed E-state index contributed by atoms with van der Waals surface area (Å²) in [5, 5.41) is 0.00526. The number of fused-ring (bicyclic) bond motifs is 1. The van der Waals surface area contributed by atoms with Crippen LogP contribution in [-0.2, 0) is 16.0 Å². The van der Waals surface area contributed by atoms with Crippen molar-refractivity contribution >= 4 is 23.6 Å². The third-order valence-electron chi connectivity index (χ3n) is 4.21. The molecule has 1 fully saturated rings. The van der Waals surface area contributed by atoms with Gasteiger partial charge in [-0.3, -0.25) is 9.59 Å². The normalized spacial score (nSPS) is 21.3. The molecule has 3 rings (SSSR count). The summed E-state index contributed by atoms with van der Waals surface area (Å²) in [6, 6.07) is 6.41. The van der Waals surface area contributed by atoms with E-state index in [9.17, 15) is 9.59 Å². The number of carbonyl (C=O) groups excluding carboxylic acids is 2. The van der Waals surface area contributed by atoms with E-state index in [2.05, 4.69) is 25.1 Å². The van der Waals surface area contributed by atoms with Gasteiger partial charge in [0.15, 0.2) is 0 Å². The van der Waals surface area contributed by atoms with Gasteiger partial charge in [0.05, 0.1) is 5.25 Å². The molecule has 2 amide bonds. The van der Waals surface area contributed by atoms with E-state index < -0.39 is 0 Å². The van der Waals surface area contributed by atoms with E-state index in [1.807, 2.05) is 9.80 Å². The highest BCUT2D eigenvalue weighted by Crippen LogP contribution is 2.38. The van der Waals surface area contributed by atoms with E-state index in [-0.39, 0.29) is 17.1 Å². The number of hydrogen-bond donors (Lipinski definition) is 0. The van der Waals surface area contributed by atoms with Crippen LogP contribution in [0, 0.1) is 6.92 Å². The molecule has 0 aliphatic carbocycles. The van der Waals surface area contributed by atoms with E-state index in [0.717, 1.165) is 6.42 Å². The minimum absolute atomic E-state index is 0.00526. The van der Waals surface area contributed by atoms with Crippen LogP contribution < -0.4 is 0 Å². The smallest absolute Gasteiger partial charge is 0.236 e. The van der Waals surface area contributed by atoms with Gasteiger partial charge >= 0.3 is 0 Å². The van der Waals surface area contributed by atoms with Crippen LogP contribution in [0.1, 0.15) is 18.1 Å². The summed E-state index contributed by atoms with van der Waals surface area (Å²) < 4.78 is 0. The fourth-order valence-electron chi connectivity index (χ4n) is 2.92. The SMILES string of the molecule is CC(=O)N1CCN(C(=O)[C@@H]2Cc3ccc(C)cc3S2)CC1. The highest BCUT2D eigenvalue weighted by molar-refractivity contribution is 8.01. The average Bonchev–Trinajstić information content (AvgIpc) is 2.89. The summed E-state index contributed by atoms with van der Waals surface area (Å²) in [4.78, 5) is 28.9. The van der Waals surface area contributed by atoms with Gasteiger partial charge in [0.25, 0.3) is 0 Å². The molecular weight excluding hydrogens is 284 g/mol. The van der Waals surface area contributed by atoms with Gasteiger partial charge in [0.2, 0.25) is 11.8 Å². The highest BCUT2D eigenvalue weighted by atomic mass is 32.2. The molecule has 0 saturated carbocycles. The fourth-order valence-corrected chi connectivity index (χ4v) is 4.29. The number of nitrogens with zero attached hydrogens (tertiary/aromatic N) is 2. The van der Waals surface area contributed by atoms with Gasteiger partial charge in [0, 0.05) is 38.0 Å². The molecule has 0 radical (unpaired) electrons. The van der Waals surface area contributed by atoms with Crippen molar-refractivity contribution in [3.8, 4) is 0 Å². The Morgan fingerprint density at radius 2 is 1.81 bits per heavy atom. The molecule has 5 heteroatoms. The monoisotopic (exact) mass is 304 g/mol. The molecule has 2 aliphatic heterocycles. The lowest BCUT2D eigenvalue weighted by Crippen LogP contribution is -2.52. The first-order valence-corrected chi connectivity index (χ1v) is 8.23. The molecule has 0 unspecified atom stereocenters. The van der Waals surface area contributed by atoms with Gasteiger partial charge < -0.3 is 9.80 Å². The number of amides is 2. The quantitative estimate of drug-likeness (QED) is 0.793. The summed E-state index contributed by atoms with van der Waals surface area (Å²) >= 11 is 1.69. The number of carbonyl (C=O) groups is 2. The fraction of sp³-hybridized carbons (Fsp3) is 0.500. The third kappa shape index (κ3) is 2.93. The van der Waals surface area contributed by atoms with Crippen LogP contribution in [0.25, 0.3) is 0 Å². The highest BCUT2D eigenvalue weighted by Gasteiger charge is 2.33. The first kappa shape index (κ1) is 14.4. The van der Waals surface area contributed by atoms with Gasteiger partial charge in [-0.1, -0.05) is 17.7 Å². The van der Waals surface area contributed by atoms with Crippen molar-refractivity contribution < 1.29 is 9.59 Å². The van der Waals surface area contributed by atoms with Gasteiger partial charge in [-0.25, -0.2) is 0 Å². The second-order valence-electron chi connectivity index (χ2n) is 5.75. The molecule has 0 bridgehead atoms. The molecule has 1 aromatic carbocycles. The zero-order chi connectivity index (χ0) is 15.0. The Hall–Kier alpha value is -1.49. The van der Waals surface area contributed by atoms with Crippen LogP contribution in [0.4, 0.5) is 0 Å². The second-order valence-corrected chi connectivity index (χ2v) is 7.00. The lowest BCUT2D eigenvalue weighted by Gasteiger charge is -2.35. The van der Waals surface area contributed by atoms with Crippen LogP contribution in [0.2, 0.25) is 0 Å². The maximum Gasteiger partial charge on any atom is 0.236 e. The van der Waals surface area contributed by atoms with Crippen LogP contribution >= 0.6 is 11.8 Å². The van der Waals surface area contributed by atoms with Gasteiger partial charge in [-0.2, -0.15) is 0 Å². The van der Waals surface area contributed by atoms with Crippen molar-refractivity contribution in [1.82, 2.24) is 9.80 Å². The molecule has 21 heavy (non-hydrogen) atoms. The van der Waals surface area contributed by atoms with Gasteiger partial charge in [0.1, 0.15) is 0 Å². The number of aryl methyl sites for hydroxylation is 1. The zero-order valence-corrected chi connectivity index (χ0v) is 13.3. The first-order valence-electron chi connectivity index (χ1n) is 7.35. The topological polar surface area (TPSA) is 40.6 Å². The molecule has 1 saturated heterocycles. The average molecular weight is 304 g/mol. The standard InChI is InChI=1S/C16H20N2O2S/c1-11-3-4-13-10-15(21-14(13)9-11)16(20)18-7-5-17(6-8-18)12(2)19/h3-4,9,15H,5-8,10H2,1-2H3/t15-/m0/s1. The molecule has 0 aromatic heterocycles. The predicted molar refractivity (Wildman–Crippen MR) is 83.4 cm³/mol. The third-order valence-corrected chi connectivity index (χ3v) is 5.50. The Morgan fingerprint density at radius 3 is 2.48 bits per heavy atom. The van der Waals surface area contributed by atoms with Crippen molar-refractivity contribution in [2.24, 2.45) is 0 Å². The number of rotatable bonds is 1. The molecular formula is C16H20N2O2S. The molecule has 112 valence electrons. The van der Waals surface area contributed by atoms with Crippen molar-refractivity contribution in [3.63, 3.8) is 0 Å². The number of benzene rings is 1. The van der Waals surface area contributed by atoms with Crippen molar-refractivity contribution in [2.45, 2.75) is 30.4 Å². The Bertz CT molecular complexity index is 580. The van der Waals surface area contributed by atoms with E-state index in [1.165, 1.54) is 16.0 Å². The Balaban J connectivity index is 1.62. The predicted octanol–water partition coefficient (Wildman–Crippen LogP) is 1.70. The molecule has 2 heterocycles. The maximum absolute atomic E-state index is 12.6. The number of piperazine rings is 1. The van der Waals surface area contributed by atoms with E-state index in [1.54, 1.807) is 18.7 Å². The lowest BCUT2D eigenvalue weighted by atomic mass is 10.1. The lowest BCUT2D eigenvalue weighted by molar-refractivity contribution is -0.138. The molecule has 0 N–H and O–H groups in total. The molecule has 4 nitrogen and oxygen atoms in total. The van der Waals surface area contributed by atoms with Crippen molar-refractivity contribution in [2.75, 3.05) is 26.2 Å². The molecule has 2 aliphatic rings. The molecule has 1 atom stereocenters. The summed E-state index contributed by atoms with van der Waals surface area (Å²) in [5.41, 5.74) is 2.52. The first-order chi connectivity index (χ1) is 10.0. The number of hydrogen-bond acceptors (Lipinski definition) is 3. The Labute approximate surface area is 129 Å². The Morgan fingerprint density at radius 1 is 1.14 bits per heavy atom. The largest absolute Gasteiger partial charge is 0.339 e.